The number of nitrogens with two attached hydrogens (primary N) is 1. The normalized spacial score (nSPS) is 14.4. The van der Waals surface area contributed by atoms with Gasteiger partial charge in [-0.2, -0.15) is 0 Å². The van der Waals surface area contributed by atoms with Crippen LogP contribution in [0.5, 0.6) is 5.75 Å². The van der Waals surface area contributed by atoms with Crippen molar-refractivity contribution in [2.24, 2.45) is 5.73 Å². The third kappa shape index (κ3) is 7.92. The number of imidazole rings is 1. The third-order valence-electron chi connectivity index (χ3n) is 4.76. The first-order chi connectivity index (χ1) is 15.6. The molecule has 1 heterocycles. The van der Waals surface area contributed by atoms with Crippen LogP contribution in [0, 0.1) is 0 Å². The lowest BCUT2D eigenvalue weighted by Gasteiger charge is -2.24. The van der Waals surface area contributed by atoms with E-state index in [1.54, 1.807) is 12.1 Å². The number of hydrogen-bond donors (Lipinski definition) is 7. The fourth-order valence-electron chi connectivity index (χ4n) is 2.85. The van der Waals surface area contributed by atoms with Crippen molar-refractivity contribution in [3.8, 4) is 5.75 Å². The number of rotatable bonds is 11. The minimum Gasteiger partial charge on any atom is -0.508 e. The average Bonchev–Trinajstić information content (AvgIpc) is 3.27. The number of aromatic amines is 1. The van der Waals surface area contributed by atoms with E-state index >= 15 is 0 Å². The van der Waals surface area contributed by atoms with Crippen molar-refractivity contribution >= 4 is 23.7 Å². The van der Waals surface area contributed by atoms with E-state index in [-0.39, 0.29) is 18.6 Å². The van der Waals surface area contributed by atoms with Crippen LogP contribution in [0.2, 0.25) is 0 Å². The van der Waals surface area contributed by atoms with Crippen LogP contribution in [0.1, 0.15) is 25.1 Å². The topological polar surface area (TPSA) is 200 Å². The van der Waals surface area contributed by atoms with Crippen molar-refractivity contribution in [1.82, 2.24) is 25.9 Å². The number of carboxylic acids is 1. The molecule has 0 fully saturated rings. The Labute approximate surface area is 190 Å². The Balaban J connectivity index is 2.22. The van der Waals surface area contributed by atoms with Gasteiger partial charge in [0.05, 0.1) is 12.4 Å². The van der Waals surface area contributed by atoms with E-state index in [2.05, 4.69) is 25.9 Å². The number of aromatic hydroxyl groups is 1. The lowest BCUT2D eigenvalue weighted by Crippen LogP contribution is -2.57. The van der Waals surface area contributed by atoms with E-state index < -0.39 is 47.9 Å². The summed E-state index contributed by atoms with van der Waals surface area (Å²) in [4.78, 5) is 55.8. The first-order valence-corrected chi connectivity index (χ1v) is 10.2. The van der Waals surface area contributed by atoms with Gasteiger partial charge in [-0.25, -0.2) is 4.98 Å². The molecule has 2 rings (SSSR count). The molecule has 178 valence electrons. The standard InChI is InChI=1S/C21H28N6O6/c1-11(22)18(29)26-16(7-13-3-5-15(28)6-4-13)20(31)27-17(8-14-9-23-10-24-14)19(30)25-12(2)21(32)33/h3-6,9-12,16-17,28H,7-8,22H2,1-2H3,(H,23,24)(H,25,30)(H,26,29)(H,27,31)(H,32,33). The molecule has 4 unspecified atom stereocenters. The fraction of sp³-hybridized carbons (Fsp3) is 0.381. The van der Waals surface area contributed by atoms with Gasteiger partial charge in [-0.1, -0.05) is 12.1 Å². The van der Waals surface area contributed by atoms with Gasteiger partial charge in [-0.05, 0) is 31.5 Å². The van der Waals surface area contributed by atoms with Gasteiger partial charge in [0.1, 0.15) is 23.9 Å². The van der Waals surface area contributed by atoms with E-state index in [0.29, 0.717) is 11.3 Å². The Morgan fingerprint density at radius 3 is 2.09 bits per heavy atom. The molecular weight excluding hydrogens is 432 g/mol. The SMILES string of the molecule is CC(N)C(=O)NC(Cc1ccc(O)cc1)C(=O)NC(Cc1cnc[nH]1)C(=O)NC(C)C(=O)O. The summed E-state index contributed by atoms with van der Waals surface area (Å²) in [7, 11) is 0. The second-order valence-electron chi connectivity index (χ2n) is 7.63. The number of hydrogen-bond acceptors (Lipinski definition) is 7. The number of nitrogens with zero attached hydrogens (tertiary/aromatic N) is 1. The Bertz CT molecular complexity index is 960. The van der Waals surface area contributed by atoms with Gasteiger partial charge in [0.25, 0.3) is 0 Å². The lowest BCUT2D eigenvalue weighted by molar-refractivity contribution is -0.141. The van der Waals surface area contributed by atoms with Crippen LogP contribution >= 0.6 is 0 Å². The van der Waals surface area contributed by atoms with Crippen LogP contribution < -0.4 is 21.7 Å². The smallest absolute Gasteiger partial charge is 0.325 e. The number of H-pyrrole nitrogens is 1. The fourth-order valence-corrected chi connectivity index (χ4v) is 2.85. The van der Waals surface area contributed by atoms with Crippen LogP contribution in [-0.2, 0) is 32.0 Å². The molecule has 0 aliphatic rings. The molecule has 0 radical (unpaired) electrons. The van der Waals surface area contributed by atoms with Crippen LogP contribution in [-0.4, -0.2) is 68.0 Å². The number of phenolic OH excluding ortho intramolecular Hbond substituents is 1. The summed E-state index contributed by atoms with van der Waals surface area (Å²) >= 11 is 0. The quantitative estimate of drug-likeness (QED) is 0.217. The monoisotopic (exact) mass is 460 g/mol. The Morgan fingerprint density at radius 1 is 0.970 bits per heavy atom. The molecule has 0 saturated heterocycles. The molecule has 4 atom stereocenters. The zero-order chi connectivity index (χ0) is 24.5. The molecule has 8 N–H and O–H groups in total. The number of aromatic nitrogens is 2. The highest BCUT2D eigenvalue weighted by Crippen LogP contribution is 2.12. The maximum Gasteiger partial charge on any atom is 0.325 e. The third-order valence-corrected chi connectivity index (χ3v) is 4.76. The minimum absolute atomic E-state index is 0.0110. The number of carbonyl (C=O) groups excluding carboxylic acids is 3. The van der Waals surface area contributed by atoms with Gasteiger partial charge in [-0.3, -0.25) is 19.2 Å². The second-order valence-corrected chi connectivity index (χ2v) is 7.63. The number of aliphatic carboxylic acids is 1. The zero-order valence-corrected chi connectivity index (χ0v) is 18.2. The molecule has 12 heteroatoms. The van der Waals surface area contributed by atoms with E-state index in [1.807, 2.05) is 0 Å². The molecule has 2 aromatic rings. The molecule has 0 spiro atoms. The van der Waals surface area contributed by atoms with Crippen molar-refractivity contribution in [2.75, 3.05) is 0 Å². The molecule has 33 heavy (non-hydrogen) atoms. The summed E-state index contributed by atoms with van der Waals surface area (Å²) in [6.45, 7) is 2.76. The van der Waals surface area contributed by atoms with Gasteiger partial charge < -0.3 is 36.9 Å². The number of phenols is 1. The molecular formula is C21H28N6O6. The van der Waals surface area contributed by atoms with E-state index in [4.69, 9.17) is 10.8 Å². The van der Waals surface area contributed by atoms with E-state index in [1.165, 1.54) is 38.5 Å². The summed E-state index contributed by atoms with van der Waals surface area (Å²) in [5, 5.41) is 26.0. The molecule has 3 amide bonds. The van der Waals surface area contributed by atoms with Gasteiger partial charge in [0.2, 0.25) is 17.7 Å². The number of benzene rings is 1. The summed E-state index contributed by atoms with van der Waals surface area (Å²) in [6.07, 6.45) is 2.95. The first kappa shape index (κ1) is 25.3. The van der Waals surface area contributed by atoms with Gasteiger partial charge >= 0.3 is 5.97 Å². The maximum atomic E-state index is 13.1. The van der Waals surface area contributed by atoms with Gasteiger partial charge in [0, 0.05) is 24.7 Å². The number of amides is 3. The summed E-state index contributed by atoms with van der Waals surface area (Å²) in [6, 6.07) is 1.80. The lowest BCUT2D eigenvalue weighted by atomic mass is 10.0. The van der Waals surface area contributed by atoms with Crippen molar-refractivity contribution in [3.05, 3.63) is 48.0 Å². The molecule has 0 aliphatic heterocycles. The maximum absolute atomic E-state index is 13.1. The highest BCUT2D eigenvalue weighted by atomic mass is 16.4. The summed E-state index contributed by atoms with van der Waals surface area (Å²) < 4.78 is 0. The highest BCUT2D eigenvalue weighted by molar-refractivity contribution is 5.94. The van der Waals surface area contributed by atoms with Crippen molar-refractivity contribution < 1.29 is 29.4 Å². The predicted octanol–water partition coefficient (Wildman–Crippen LogP) is -1.19. The molecule has 1 aromatic heterocycles. The van der Waals surface area contributed by atoms with Crippen molar-refractivity contribution in [1.29, 1.82) is 0 Å². The summed E-state index contributed by atoms with van der Waals surface area (Å²) in [5.41, 5.74) is 6.79. The van der Waals surface area contributed by atoms with Crippen molar-refractivity contribution in [3.63, 3.8) is 0 Å². The largest absolute Gasteiger partial charge is 0.508 e. The van der Waals surface area contributed by atoms with Crippen molar-refractivity contribution in [2.45, 2.75) is 50.9 Å². The van der Waals surface area contributed by atoms with Crippen LogP contribution in [0.4, 0.5) is 0 Å². The molecule has 0 saturated carbocycles. The Hall–Kier alpha value is -3.93. The summed E-state index contributed by atoms with van der Waals surface area (Å²) in [5.74, 6) is -3.13. The number of carboxylic acid groups (broad SMARTS) is 1. The second kappa shape index (κ2) is 11.6. The molecule has 1 aromatic carbocycles. The van der Waals surface area contributed by atoms with Crippen LogP contribution in [0.15, 0.2) is 36.8 Å². The minimum atomic E-state index is -1.23. The Kier molecular flexibility index (Phi) is 8.92. The average molecular weight is 460 g/mol. The predicted molar refractivity (Wildman–Crippen MR) is 117 cm³/mol. The highest BCUT2D eigenvalue weighted by Gasteiger charge is 2.29. The zero-order valence-electron chi connectivity index (χ0n) is 18.2. The van der Waals surface area contributed by atoms with Gasteiger partial charge in [0.15, 0.2) is 0 Å². The first-order valence-electron chi connectivity index (χ1n) is 10.2. The molecule has 12 nitrogen and oxygen atoms in total. The van der Waals surface area contributed by atoms with Crippen LogP contribution in [0.25, 0.3) is 0 Å². The van der Waals surface area contributed by atoms with E-state index in [9.17, 15) is 24.3 Å². The Morgan fingerprint density at radius 2 is 1.55 bits per heavy atom. The van der Waals surface area contributed by atoms with E-state index in [0.717, 1.165) is 0 Å². The molecule has 0 aliphatic carbocycles. The van der Waals surface area contributed by atoms with Gasteiger partial charge in [-0.15, -0.1) is 0 Å². The van der Waals surface area contributed by atoms with Crippen LogP contribution in [0.3, 0.4) is 0 Å². The number of nitrogens with one attached hydrogen (secondary N) is 4. The number of carbonyl (C=O) groups is 4. The molecule has 0 bridgehead atoms.